The van der Waals surface area contributed by atoms with Crippen LogP contribution in [0.3, 0.4) is 0 Å². The average Bonchev–Trinajstić information content (AvgIpc) is 3.43. The van der Waals surface area contributed by atoms with E-state index in [9.17, 15) is 14.4 Å². The van der Waals surface area contributed by atoms with Crippen LogP contribution in [0.1, 0.15) is 49.3 Å². The molecule has 1 saturated carbocycles. The number of hydroxylamine groups is 2. The van der Waals surface area contributed by atoms with Gasteiger partial charge < -0.3 is 15.0 Å². The third-order valence-electron chi connectivity index (χ3n) is 8.11. The van der Waals surface area contributed by atoms with Gasteiger partial charge in [-0.05, 0) is 54.7 Å². The zero-order valence-corrected chi connectivity index (χ0v) is 23.0. The van der Waals surface area contributed by atoms with Crippen LogP contribution >= 0.6 is 0 Å². The number of carbonyl (C=O) groups excluding carboxylic acids is 3. The Kier molecular flexibility index (Phi) is 8.18. The topological polar surface area (TPSA) is 91.4 Å². The summed E-state index contributed by atoms with van der Waals surface area (Å²) >= 11 is 0. The molecule has 1 aliphatic carbocycles. The fourth-order valence-corrected chi connectivity index (χ4v) is 6.01. The number of amides is 3. The van der Waals surface area contributed by atoms with E-state index in [0.29, 0.717) is 13.0 Å². The van der Waals surface area contributed by atoms with Crippen molar-refractivity contribution in [1.82, 2.24) is 15.3 Å². The maximum atomic E-state index is 13.7. The van der Waals surface area contributed by atoms with Crippen LogP contribution < -0.4 is 15.0 Å². The number of nitrogens with zero attached hydrogens (tertiary/aromatic N) is 3. The van der Waals surface area contributed by atoms with E-state index in [1.54, 1.807) is 7.11 Å². The van der Waals surface area contributed by atoms with Gasteiger partial charge in [0.05, 0.1) is 19.1 Å². The first-order valence-electron chi connectivity index (χ1n) is 13.8. The predicted molar refractivity (Wildman–Crippen MR) is 147 cm³/mol. The zero-order valence-electron chi connectivity index (χ0n) is 23.0. The minimum Gasteiger partial charge on any atom is -0.497 e. The highest BCUT2D eigenvalue weighted by atomic mass is 16.7. The van der Waals surface area contributed by atoms with E-state index in [1.807, 2.05) is 67.5 Å². The van der Waals surface area contributed by atoms with Crippen LogP contribution in [0, 0.1) is 5.92 Å². The number of imide groups is 1. The third-order valence-corrected chi connectivity index (χ3v) is 8.11. The lowest BCUT2D eigenvalue weighted by Gasteiger charge is -2.32. The highest BCUT2D eigenvalue weighted by molar-refractivity contribution is 6.07. The van der Waals surface area contributed by atoms with Crippen molar-refractivity contribution in [2.45, 2.75) is 56.7 Å². The lowest BCUT2D eigenvalue weighted by molar-refractivity contribution is -0.183. The smallest absolute Gasteiger partial charge is 0.261 e. The van der Waals surface area contributed by atoms with Gasteiger partial charge in [-0.2, -0.15) is 5.06 Å². The summed E-state index contributed by atoms with van der Waals surface area (Å²) in [5, 5.41) is 4.49. The second-order valence-corrected chi connectivity index (χ2v) is 10.8. The Bertz CT molecular complexity index is 1180. The monoisotopic (exact) mass is 534 g/mol. The van der Waals surface area contributed by atoms with Crippen molar-refractivity contribution in [3.8, 4) is 5.75 Å². The molecule has 2 aliphatic heterocycles. The molecule has 3 unspecified atom stereocenters. The number of carbonyl (C=O) groups is 3. The maximum absolute atomic E-state index is 13.7. The van der Waals surface area contributed by atoms with Crippen molar-refractivity contribution in [3.05, 3.63) is 59.7 Å². The molecule has 0 spiro atoms. The second kappa shape index (κ2) is 11.8. The van der Waals surface area contributed by atoms with Crippen molar-refractivity contribution in [1.29, 1.82) is 0 Å². The van der Waals surface area contributed by atoms with Crippen LogP contribution in [-0.2, 0) is 25.6 Å². The molecule has 2 aromatic rings. The summed E-state index contributed by atoms with van der Waals surface area (Å²) in [6, 6.07) is 15.0. The van der Waals surface area contributed by atoms with Gasteiger partial charge in [0.1, 0.15) is 12.3 Å². The van der Waals surface area contributed by atoms with E-state index < -0.39 is 18.1 Å². The summed E-state index contributed by atoms with van der Waals surface area (Å²) < 4.78 is 5.20. The number of ether oxygens (including phenoxy) is 1. The molecule has 2 aromatic carbocycles. The van der Waals surface area contributed by atoms with Gasteiger partial charge in [-0.25, -0.2) is 0 Å². The molecule has 0 bridgehead atoms. The fourth-order valence-electron chi connectivity index (χ4n) is 6.01. The van der Waals surface area contributed by atoms with E-state index in [1.165, 1.54) is 9.96 Å². The Morgan fingerprint density at radius 1 is 1.00 bits per heavy atom. The Hall–Kier alpha value is -3.43. The first-order chi connectivity index (χ1) is 18.9. The average molecular weight is 535 g/mol. The van der Waals surface area contributed by atoms with Crippen LogP contribution in [-0.4, -0.2) is 74.1 Å². The maximum Gasteiger partial charge on any atom is 0.261 e. The van der Waals surface area contributed by atoms with Gasteiger partial charge in [0.15, 0.2) is 6.10 Å². The molecule has 2 heterocycles. The van der Waals surface area contributed by atoms with E-state index in [4.69, 9.17) is 9.57 Å². The number of likely N-dealkylation sites (tertiary alicyclic amines) is 1. The molecule has 5 rings (SSSR count). The van der Waals surface area contributed by atoms with Gasteiger partial charge in [-0.15, -0.1) is 0 Å². The van der Waals surface area contributed by atoms with Crippen LogP contribution in [0.25, 0.3) is 0 Å². The summed E-state index contributed by atoms with van der Waals surface area (Å²) in [6.45, 7) is 0.390. The Labute approximate surface area is 230 Å². The van der Waals surface area contributed by atoms with Gasteiger partial charge in [0.2, 0.25) is 11.8 Å². The molecule has 3 aliphatic rings. The number of hydrogen-bond donors (Lipinski definition) is 1. The Morgan fingerprint density at radius 2 is 1.69 bits per heavy atom. The summed E-state index contributed by atoms with van der Waals surface area (Å²) in [5.41, 5.74) is 2.96. The molecule has 3 fully saturated rings. The second-order valence-electron chi connectivity index (χ2n) is 10.8. The molecule has 3 amide bonds. The minimum absolute atomic E-state index is 0.0561. The number of fused-ring (bicyclic) bond motifs is 1. The molecule has 0 radical (unpaired) electrons. The summed E-state index contributed by atoms with van der Waals surface area (Å²) in [7, 11) is 5.56. The van der Waals surface area contributed by atoms with Gasteiger partial charge in [-0.1, -0.05) is 43.5 Å². The van der Waals surface area contributed by atoms with Crippen molar-refractivity contribution in [3.63, 3.8) is 0 Å². The lowest BCUT2D eigenvalue weighted by Crippen LogP contribution is -2.45. The normalized spacial score (nSPS) is 23.7. The zero-order chi connectivity index (χ0) is 27.5. The van der Waals surface area contributed by atoms with Crippen LogP contribution in [0.4, 0.5) is 5.69 Å². The van der Waals surface area contributed by atoms with Gasteiger partial charge in [0, 0.05) is 32.4 Å². The quantitative estimate of drug-likeness (QED) is 0.495. The Morgan fingerprint density at radius 3 is 2.33 bits per heavy atom. The molecule has 0 aromatic heterocycles. The van der Waals surface area contributed by atoms with Crippen LogP contribution in [0.5, 0.6) is 5.75 Å². The van der Waals surface area contributed by atoms with Crippen LogP contribution in [0.15, 0.2) is 48.5 Å². The van der Waals surface area contributed by atoms with Crippen molar-refractivity contribution < 1.29 is 24.0 Å². The minimum atomic E-state index is -0.898. The number of benzene rings is 2. The first-order valence-corrected chi connectivity index (χ1v) is 13.8. The Balaban J connectivity index is 1.30. The standard InChI is InChI=1S/C30H38N4O5/c1-32(2)22-13-11-21(12-14-22)27-26-28(30(37)34(29(26)36)23-7-5-4-6-8-23)39-33(27)19-25(35)31-18-17-20-9-15-24(38-3)16-10-20/h9-16,23,26-28H,4-8,17-19H2,1-3H3,(H,31,35). The molecular weight excluding hydrogens is 496 g/mol. The third kappa shape index (κ3) is 5.65. The molecule has 2 saturated heterocycles. The van der Waals surface area contributed by atoms with Gasteiger partial charge >= 0.3 is 0 Å². The predicted octanol–water partition coefficient (Wildman–Crippen LogP) is 3.09. The van der Waals surface area contributed by atoms with Crippen molar-refractivity contribution >= 4 is 23.4 Å². The molecule has 39 heavy (non-hydrogen) atoms. The van der Waals surface area contributed by atoms with E-state index in [0.717, 1.165) is 54.7 Å². The number of hydrogen-bond acceptors (Lipinski definition) is 7. The highest BCUT2D eigenvalue weighted by Gasteiger charge is 2.60. The van der Waals surface area contributed by atoms with Crippen LogP contribution in [0.2, 0.25) is 0 Å². The number of rotatable bonds is 9. The molecule has 9 heteroatoms. The van der Waals surface area contributed by atoms with Crippen molar-refractivity contribution in [2.75, 3.05) is 39.2 Å². The highest BCUT2D eigenvalue weighted by Crippen LogP contribution is 2.46. The first kappa shape index (κ1) is 27.1. The molecular formula is C30H38N4O5. The summed E-state index contributed by atoms with van der Waals surface area (Å²) in [6.07, 6.45) is 4.65. The van der Waals surface area contributed by atoms with E-state index in [2.05, 4.69) is 5.32 Å². The number of methoxy groups -OCH3 is 1. The van der Waals surface area contributed by atoms with Crippen molar-refractivity contribution in [2.24, 2.45) is 5.92 Å². The lowest BCUT2D eigenvalue weighted by atomic mass is 9.90. The SMILES string of the molecule is COc1ccc(CCNC(=O)CN2OC3C(=O)N(C4CCCCC4)C(=O)C3C2c2ccc(N(C)C)cc2)cc1. The summed E-state index contributed by atoms with van der Waals surface area (Å²) in [5.74, 6) is -0.551. The molecule has 1 N–H and O–H groups in total. The van der Waals surface area contributed by atoms with E-state index in [-0.39, 0.29) is 30.3 Å². The van der Waals surface area contributed by atoms with Gasteiger partial charge in [-0.3, -0.25) is 24.1 Å². The number of anilines is 1. The summed E-state index contributed by atoms with van der Waals surface area (Å²) in [4.78, 5) is 49.8. The fraction of sp³-hybridized carbons (Fsp3) is 0.500. The molecule has 9 nitrogen and oxygen atoms in total. The van der Waals surface area contributed by atoms with Gasteiger partial charge in [0.25, 0.3) is 5.91 Å². The number of nitrogens with one attached hydrogen (secondary N) is 1. The molecule has 208 valence electrons. The largest absolute Gasteiger partial charge is 0.497 e. The van der Waals surface area contributed by atoms with E-state index >= 15 is 0 Å². The molecule has 3 atom stereocenters.